The maximum absolute atomic E-state index is 13.2. The summed E-state index contributed by atoms with van der Waals surface area (Å²) in [4.78, 5) is 14.7. The van der Waals surface area contributed by atoms with Crippen molar-refractivity contribution in [3.8, 4) is 11.1 Å². The Labute approximate surface area is 126 Å². The number of para-hydroxylation sites is 1. The first-order valence-electron chi connectivity index (χ1n) is 7.29. The molecule has 1 aliphatic rings. The number of fused-ring (bicyclic) bond motifs is 1. The van der Waals surface area contributed by atoms with E-state index in [9.17, 15) is 14.3 Å². The molecule has 0 bridgehead atoms. The van der Waals surface area contributed by atoms with E-state index in [1.807, 2.05) is 12.1 Å². The predicted octanol–water partition coefficient (Wildman–Crippen LogP) is 4.55. The quantitative estimate of drug-likeness (QED) is 0.744. The molecule has 2 N–H and O–H groups in total. The summed E-state index contributed by atoms with van der Waals surface area (Å²) >= 11 is 0. The number of carbonyl (C=O) groups is 1. The van der Waals surface area contributed by atoms with Gasteiger partial charge in [0, 0.05) is 10.9 Å². The number of rotatable bonds is 3. The number of hydrogen-bond donors (Lipinski definition) is 2. The van der Waals surface area contributed by atoms with Crippen molar-refractivity contribution in [2.45, 2.75) is 18.8 Å². The van der Waals surface area contributed by atoms with E-state index in [1.54, 1.807) is 12.1 Å². The number of hydrogen-bond acceptors (Lipinski definition) is 1. The summed E-state index contributed by atoms with van der Waals surface area (Å²) in [7, 11) is 0. The van der Waals surface area contributed by atoms with Gasteiger partial charge in [-0.15, -0.1) is 0 Å². The van der Waals surface area contributed by atoms with Crippen LogP contribution < -0.4 is 0 Å². The lowest BCUT2D eigenvalue weighted by molar-refractivity contribution is 0.0692. The van der Waals surface area contributed by atoms with Gasteiger partial charge >= 0.3 is 5.97 Å². The summed E-state index contributed by atoms with van der Waals surface area (Å²) < 4.78 is 13.2. The molecule has 0 amide bonds. The lowest BCUT2D eigenvalue weighted by Gasteiger charge is -2.03. The van der Waals surface area contributed by atoms with Crippen LogP contribution >= 0.6 is 0 Å². The summed E-state index contributed by atoms with van der Waals surface area (Å²) in [6.07, 6.45) is 2.29. The molecule has 1 heterocycles. The van der Waals surface area contributed by atoms with E-state index in [0.29, 0.717) is 17.0 Å². The van der Waals surface area contributed by atoms with Crippen molar-refractivity contribution in [1.82, 2.24) is 4.98 Å². The number of aromatic carboxylic acids is 1. The smallest absolute Gasteiger partial charge is 0.352 e. The van der Waals surface area contributed by atoms with Gasteiger partial charge in [0.1, 0.15) is 11.5 Å². The second-order valence-corrected chi connectivity index (χ2v) is 5.73. The summed E-state index contributed by atoms with van der Waals surface area (Å²) in [5.41, 5.74) is 3.56. The highest BCUT2D eigenvalue weighted by molar-refractivity contribution is 6.08. The largest absolute Gasteiger partial charge is 0.477 e. The van der Waals surface area contributed by atoms with Crippen molar-refractivity contribution in [2.75, 3.05) is 0 Å². The summed E-state index contributed by atoms with van der Waals surface area (Å²) in [6, 6.07) is 11.9. The monoisotopic (exact) mass is 295 g/mol. The minimum absolute atomic E-state index is 0.162. The van der Waals surface area contributed by atoms with Gasteiger partial charge in [-0.05, 0) is 42.0 Å². The van der Waals surface area contributed by atoms with E-state index in [-0.39, 0.29) is 11.5 Å². The summed E-state index contributed by atoms with van der Waals surface area (Å²) in [5.74, 6) is -0.818. The fraction of sp³-hybridized carbons (Fsp3) is 0.167. The lowest BCUT2D eigenvalue weighted by atomic mass is 9.99. The first kappa shape index (κ1) is 13.1. The third-order valence-electron chi connectivity index (χ3n) is 4.23. The molecule has 4 rings (SSSR count). The maximum atomic E-state index is 13.2. The van der Waals surface area contributed by atoms with E-state index in [2.05, 4.69) is 11.1 Å². The van der Waals surface area contributed by atoms with Crippen LogP contribution in [0, 0.1) is 5.82 Å². The third-order valence-corrected chi connectivity index (χ3v) is 4.23. The molecule has 0 atom stereocenters. The number of halogens is 1. The molecular formula is C18H14FNO2. The van der Waals surface area contributed by atoms with Gasteiger partial charge in [-0.2, -0.15) is 0 Å². The highest BCUT2D eigenvalue weighted by atomic mass is 19.1. The highest BCUT2D eigenvalue weighted by Gasteiger charge is 2.28. The number of benzene rings is 2. The van der Waals surface area contributed by atoms with Gasteiger partial charge in [-0.3, -0.25) is 0 Å². The summed E-state index contributed by atoms with van der Waals surface area (Å²) in [6.45, 7) is 0. The van der Waals surface area contributed by atoms with E-state index < -0.39 is 5.97 Å². The van der Waals surface area contributed by atoms with Gasteiger partial charge in [-0.1, -0.05) is 30.3 Å². The lowest BCUT2D eigenvalue weighted by Crippen LogP contribution is -1.98. The Kier molecular flexibility index (Phi) is 2.79. The Bertz CT molecular complexity index is 876. The third kappa shape index (κ3) is 1.99. The zero-order valence-electron chi connectivity index (χ0n) is 11.8. The van der Waals surface area contributed by atoms with Crippen LogP contribution in [0.2, 0.25) is 0 Å². The van der Waals surface area contributed by atoms with Gasteiger partial charge < -0.3 is 10.1 Å². The molecule has 0 spiro atoms. The molecule has 1 fully saturated rings. The van der Waals surface area contributed by atoms with Crippen molar-refractivity contribution in [1.29, 1.82) is 0 Å². The second kappa shape index (κ2) is 4.70. The topological polar surface area (TPSA) is 53.1 Å². The van der Waals surface area contributed by atoms with Gasteiger partial charge in [-0.25, -0.2) is 9.18 Å². The van der Waals surface area contributed by atoms with Crippen molar-refractivity contribution in [3.05, 3.63) is 59.5 Å². The Hall–Kier alpha value is -2.62. The second-order valence-electron chi connectivity index (χ2n) is 5.73. The van der Waals surface area contributed by atoms with Gasteiger partial charge in [0.15, 0.2) is 0 Å². The molecule has 0 saturated heterocycles. The molecular weight excluding hydrogens is 281 g/mol. The van der Waals surface area contributed by atoms with Crippen LogP contribution in [0.15, 0.2) is 42.5 Å². The van der Waals surface area contributed by atoms with Crippen LogP contribution in [0.25, 0.3) is 22.0 Å². The van der Waals surface area contributed by atoms with E-state index >= 15 is 0 Å². The fourth-order valence-corrected chi connectivity index (χ4v) is 3.05. The summed E-state index contributed by atoms with van der Waals surface area (Å²) in [5, 5.41) is 10.4. The number of carboxylic acids is 1. The molecule has 3 aromatic rings. The first-order chi connectivity index (χ1) is 10.6. The van der Waals surface area contributed by atoms with Crippen molar-refractivity contribution >= 4 is 16.9 Å². The van der Waals surface area contributed by atoms with E-state index in [0.717, 1.165) is 23.7 Å². The molecule has 0 aliphatic heterocycles. The Morgan fingerprint density at radius 2 is 1.86 bits per heavy atom. The van der Waals surface area contributed by atoms with Gasteiger partial charge in [0.25, 0.3) is 0 Å². The Morgan fingerprint density at radius 3 is 2.50 bits per heavy atom. The molecule has 110 valence electrons. The Morgan fingerprint density at radius 1 is 1.14 bits per heavy atom. The van der Waals surface area contributed by atoms with Crippen molar-refractivity contribution in [3.63, 3.8) is 0 Å². The number of carboxylic acid groups (broad SMARTS) is 1. The van der Waals surface area contributed by atoms with Crippen LogP contribution in [0.4, 0.5) is 4.39 Å². The van der Waals surface area contributed by atoms with Crippen LogP contribution in [0.5, 0.6) is 0 Å². The predicted molar refractivity (Wildman–Crippen MR) is 82.6 cm³/mol. The van der Waals surface area contributed by atoms with Gasteiger partial charge in [0.05, 0.1) is 5.52 Å². The average molecular weight is 295 g/mol. The number of H-pyrrole nitrogens is 1. The SMILES string of the molecule is O=C(O)c1[nH]c2c(C3CC3)cccc2c1-c1ccc(F)cc1. The highest BCUT2D eigenvalue weighted by Crippen LogP contribution is 2.44. The fourth-order valence-electron chi connectivity index (χ4n) is 3.05. The zero-order chi connectivity index (χ0) is 15.3. The number of aromatic nitrogens is 1. The van der Waals surface area contributed by atoms with Gasteiger partial charge in [0.2, 0.25) is 0 Å². The standard InChI is InChI=1S/C18H14FNO2/c19-12-8-6-11(7-9-12)15-14-3-1-2-13(10-4-5-10)16(14)20-17(15)18(21)22/h1-3,6-10,20H,4-5H2,(H,21,22). The number of aromatic amines is 1. The molecule has 0 radical (unpaired) electrons. The molecule has 0 unspecified atom stereocenters. The molecule has 1 saturated carbocycles. The van der Waals surface area contributed by atoms with Crippen molar-refractivity contribution < 1.29 is 14.3 Å². The maximum Gasteiger partial charge on any atom is 0.352 e. The minimum atomic E-state index is -1.00. The Balaban J connectivity index is 2.02. The molecule has 3 nitrogen and oxygen atoms in total. The van der Waals surface area contributed by atoms with Crippen LogP contribution in [-0.2, 0) is 0 Å². The normalized spacial score (nSPS) is 14.4. The average Bonchev–Trinajstić information content (AvgIpc) is 3.27. The number of nitrogens with one attached hydrogen (secondary N) is 1. The van der Waals surface area contributed by atoms with E-state index in [1.165, 1.54) is 17.7 Å². The van der Waals surface area contributed by atoms with Crippen LogP contribution in [0.3, 0.4) is 0 Å². The minimum Gasteiger partial charge on any atom is -0.477 e. The zero-order valence-corrected chi connectivity index (χ0v) is 11.8. The molecule has 1 aliphatic carbocycles. The molecule has 2 aromatic carbocycles. The van der Waals surface area contributed by atoms with Crippen LogP contribution in [0.1, 0.15) is 34.8 Å². The van der Waals surface area contributed by atoms with Crippen molar-refractivity contribution in [2.24, 2.45) is 0 Å². The molecule has 1 aromatic heterocycles. The molecule has 22 heavy (non-hydrogen) atoms. The molecule has 4 heteroatoms. The van der Waals surface area contributed by atoms with E-state index in [4.69, 9.17) is 0 Å². The van der Waals surface area contributed by atoms with Crippen LogP contribution in [-0.4, -0.2) is 16.1 Å². The first-order valence-corrected chi connectivity index (χ1v) is 7.29.